The van der Waals surface area contributed by atoms with Crippen molar-refractivity contribution in [3.8, 4) is 11.8 Å². The van der Waals surface area contributed by atoms with E-state index in [1.807, 2.05) is 0 Å². The number of hydrazine groups is 1. The van der Waals surface area contributed by atoms with E-state index in [2.05, 4.69) is 21.9 Å². The van der Waals surface area contributed by atoms with Gasteiger partial charge in [-0.1, -0.05) is 24.0 Å². The molecule has 170 valence electrons. The Labute approximate surface area is 187 Å². The van der Waals surface area contributed by atoms with Gasteiger partial charge in [-0.3, -0.25) is 9.99 Å². The first kappa shape index (κ1) is 23.7. The Balaban J connectivity index is 1.95. The van der Waals surface area contributed by atoms with Crippen molar-refractivity contribution >= 4 is 6.34 Å². The first-order valence-corrected chi connectivity index (χ1v) is 9.51. The van der Waals surface area contributed by atoms with Crippen molar-refractivity contribution in [2.45, 2.75) is 11.5 Å². The van der Waals surface area contributed by atoms with Gasteiger partial charge in [0.15, 0.2) is 5.60 Å². The molecule has 1 aromatic heterocycles. The summed E-state index contributed by atoms with van der Waals surface area (Å²) in [5.41, 5.74) is -3.12. The molecule has 33 heavy (non-hydrogen) atoms. The molecule has 0 aliphatic heterocycles. The zero-order chi connectivity index (χ0) is 24.1. The predicted octanol–water partition coefficient (Wildman–Crippen LogP) is 2.82. The third-order valence-electron chi connectivity index (χ3n) is 4.75. The molecular formula is C23H19F4N5O. The number of benzene rings is 2. The SMILES string of the molecule is N/N=C\N(N)CC(O)(c1ccc(F)cc1)C(F)(F)c1ccc(C#Cc2ccc(F)cc2)cn1. The summed E-state index contributed by atoms with van der Waals surface area (Å²) >= 11 is 0. The number of alkyl halides is 2. The summed E-state index contributed by atoms with van der Waals surface area (Å²) in [6, 6.07) is 11.7. The van der Waals surface area contributed by atoms with E-state index in [-0.39, 0.29) is 5.56 Å². The van der Waals surface area contributed by atoms with Crippen molar-refractivity contribution in [2.75, 3.05) is 6.54 Å². The lowest BCUT2D eigenvalue weighted by molar-refractivity contribution is -0.202. The average Bonchev–Trinajstić information content (AvgIpc) is 2.79. The Bertz CT molecular complexity index is 1170. The van der Waals surface area contributed by atoms with Crippen LogP contribution in [0.15, 0.2) is 72.0 Å². The van der Waals surface area contributed by atoms with Crippen LogP contribution < -0.4 is 11.7 Å². The van der Waals surface area contributed by atoms with Gasteiger partial charge in [-0.2, -0.15) is 13.9 Å². The lowest BCUT2D eigenvalue weighted by atomic mass is 9.84. The third-order valence-corrected chi connectivity index (χ3v) is 4.75. The number of nitrogens with zero attached hydrogens (tertiary/aromatic N) is 3. The van der Waals surface area contributed by atoms with Crippen LogP contribution in [-0.2, 0) is 11.5 Å². The standard InChI is InChI=1S/C23H19F4N5O/c24-19-8-3-16(4-9-19)1-2-17-5-12-21(30-13-17)23(26,27)22(33,14-32(29)15-31-28)18-6-10-20(25)11-7-18/h3-13,15,33H,14,28-29H2/b31-15-. The summed E-state index contributed by atoms with van der Waals surface area (Å²) in [5.74, 6) is 11.1. The van der Waals surface area contributed by atoms with Crippen molar-refractivity contribution in [3.63, 3.8) is 0 Å². The van der Waals surface area contributed by atoms with Crippen LogP contribution >= 0.6 is 0 Å². The van der Waals surface area contributed by atoms with E-state index in [4.69, 9.17) is 11.7 Å². The van der Waals surface area contributed by atoms with Gasteiger partial charge in [-0.25, -0.2) is 14.6 Å². The predicted molar refractivity (Wildman–Crippen MR) is 114 cm³/mol. The first-order valence-electron chi connectivity index (χ1n) is 9.51. The molecule has 0 radical (unpaired) electrons. The van der Waals surface area contributed by atoms with Gasteiger partial charge in [0, 0.05) is 17.3 Å². The molecule has 3 rings (SSSR count). The smallest absolute Gasteiger partial charge is 0.323 e. The molecule has 3 aromatic rings. The third kappa shape index (κ3) is 5.28. The molecule has 0 spiro atoms. The summed E-state index contributed by atoms with van der Waals surface area (Å²) in [4.78, 5) is 3.77. The van der Waals surface area contributed by atoms with Crippen molar-refractivity contribution in [2.24, 2.45) is 16.8 Å². The fourth-order valence-electron chi connectivity index (χ4n) is 3.03. The quantitative estimate of drug-likeness (QED) is 0.132. The van der Waals surface area contributed by atoms with Crippen LogP contribution in [0.25, 0.3) is 0 Å². The van der Waals surface area contributed by atoms with Crippen molar-refractivity contribution < 1.29 is 22.7 Å². The van der Waals surface area contributed by atoms with E-state index in [1.165, 1.54) is 30.3 Å². The molecule has 1 unspecified atom stereocenters. The summed E-state index contributed by atoms with van der Waals surface area (Å²) < 4.78 is 57.5. The first-order chi connectivity index (χ1) is 15.7. The van der Waals surface area contributed by atoms with Gasteiger partial charge in [0.25, 0.3) is 0 Å². The molecule has 2 aromatic carbocycles. The summed E-state index contributed by atoms with van der Waals surface area (Å²) in [5, 5.41) is 14.9. The highest BCUT2D eigenvalue weighted by Crippen LogP contribution is 2.45. The molecule has 1 atom stereocenters. The van der Waals surface area contributed by atoms with Gasteiger partial charge < -0.3 is 10.9 Å². The Kier molecular flexibility index (Phi) is 6.96. The zero-order valence-corrected chi connectivity index (χ0v) is 17.1. The second kappa shape index (κ2) is 9.68. The molecule has 0 aliphatic carbocycles. The molecule has 0 bridgehead atoms. The normalized spacial score (nSPS) is 13.3. The monoisotopic (exact) mass is 457 g/mol. The largest absolute Gasteiger partial charge is 0.377 e. The van der Waals surface area contributed by atoms with E-state index in [0.717, 1.165) is 42.9 Å². The zero-order valence-electron chi connectivity index (χ0n) is 17.1. The molecule has 0 aliphatic rings. The Morgan fingerprint density at radius 1 is 0.939 bits per heavy atom. The number of hydrogen-bond acceptors (Lipinski definition) is 5. The number of halogens is 4. The Morgan fingerprint density at radius 2 is 1.48 bits per heavy atom. The van der Waals surface area contributed by atoms with Crippen LogP contribution in [0, 0.1) is 23.5 Å². The highest BCUT2D eigenvalue weighted by molar-refractivity contribution is 5.53. The number of hydrazone groups is 1. The second-order valence-corrected chi connectivity index (χ2v) is 7.07. The molecule has 0 saturated heterocycles. The second-order valence-electron chi connectivity index (χ2n) is 7.07. The van der Waals surface area contributed by atoms with Crippen molar-refractivity contribution in [1.82, 2.24) is 9.99 Å². The van der Waals surface area contributed by atoms with Gasteiger partial charge in [0.2, 0.25) is 0 Å². The number of aromatic nitrogens is 1. The van der Waals surface area contributed by atoms with Crippen LogP contribution in [0.1, 0.15) is 22.4 Å². The highest BCUT2D eigenvalue weighted by Gasteiger charge is 2.56. The lowest BCUT2D eigenvalue weighted by Gasteiger charge is -2.37. The summed E-state index contributed by atoms with van der Waals surface area (Å²) in [6.07, 6.45) is 1.97. The number of rotatable bonds is 6. The van der Waals surface area contributed by atoms with Crippen LogP contribution in [0.4, 0.5) is 17.6 Å². The van der Waals surface area contributed by atoms with Gasteiger partial charge in [0.05, 0.1) is 6.54 Å². The lowest BCUT2D eigenvalue weighted by Crippen LogP contribution is -2.53. The minimum absolute atomic E-state index is 0.295. The van der Waals surface area contributed by atoms with E-state index in [1.54, 1.807) is 0 Å². The molecule has 5 N–H and O–H groups in total. The number of pyridine rings is 1. The van der Waals surface area contributed by atoms with Crippen molar-refractivity contribution in [3.05, 3.63) is 101 Å². The van der Waals surface area contributed by atoms with Gasteiger partial charge >= 0.3 is 5.92 Å². The summed E-state index contributed by atoms with van der Waals surface area (Å²) in [6.45, 7) is -0.833. The molecule has 1 heterocycles. The van der Waals surface area contributed by atoms with Gasteiger partial charge in [0.1, 0.15) is 23.7 Å². The van der Waals surface area contributed by atoms with E-state index < -0.39 is 35.4 Å². The van der Waals surface area contributed by atoms with E-state index >= 15 is 8.78 Å². The number of hydrogen-bond donors (Lipinski definition) is 3. The van der Waals surface area contributed by atoms with Gasteiger partial charge in [-0.05, 0) is 54.1 Å². The maximum Gasteiger partial charge on any atom is 0.323 e. The fourth-order valence-corrected chi connectivity index (χ4v) is 3.03. The molecule has 6 nitrogen and oxygen atoms in total. The minimum atomic E-state index is -3.96. The topological polar surface area (TPSA) is 101 Å². The average molecular weight is 457 g/mol. The van der Waals surface area contributed by atoms with E-state index in [0.29, 0.717) is 16.1 Å². The molecule has 0 fully saturated rings. The number of nitrogens with two attached hydrogens (primary N) is 2. The molecular weight excluding hydrogens is 438 g/mol. The van der Waals surface area contributed by atoms with Crippen LogP contribution in [0.5, 0.6) is 0 Å². The van der Waals surface area contributed by atoms with Crippen LogP contribution in [0.3, 0.4) is 0 Å². The molecule has 0 saturated carbocycles. The Morgan fingerprint density at radius 3 is 2.03 bits per heavy atom. The van der Waals surface area contributed by atoms with Crippen LogP contribution in [-0.4, -0.2) is 28.0 Å². The van der Waals surface area contributed by atoms with E-state index in [9.17, 15) is 13.9 Å². The molecule has 10 heteroatoms. The minimum Gasteiger partial charge on any atom is -0.377 e. The highest BCUT2D eigenvalue weighted by atomic mass is 19.3. The Hall–Kier alpha value is -3.94. The number of aliphatic hydroxyl groups is 1. The van der Waals surface area contributed by atoms with Gasteiger partial charge in [-0.15, -0.1) is 0 Å². The van der Waals surface area contributed by atoms with Crippen molar-refractivity contribution in [1.29, 1.82) is 0 Å². The van der Waals surface area contributed by atoms with Crippen LogP contribution in [0.2, 0.25) is 0 Å². The summed E-state index contributed by atoms with van der Waals surface area (Å²) in [7, 11) is 0. The maximum absolute atomic E-state index is 15.6. The molecule has 0 amide bonds. The maximum atomic E-state index is 15.6. The fraction of sp³-hybridized carbons (Fsp3) is 0.130.